The summed E-state index contributed by atoms with van der Waals surface area (Å²) >= 11 is 0. The van der Waals surface area contributed by atoms with Crippen molar-refractivity contribution >= 4 is 0 Å². The van der Waals surface area contributed by atoms with Crippen molar-refractivity contribution in [1.82, 2.24) is 5.64 Å². The second kappa shape index (κ2) is 1.69. The second-order valence-corrected chi connectivity index (χ2v) is 2.55. The van der Waals surface area contributed by atoms with Crippen LogP contribution in [0.1, 0.15) is 20.8 Å². The zero-order valence-electron chi connectivity index (χ0n) is 5.39. The topological polar surface area (TPSA) is 30.5 Å². The largest absolute Gasteiger partial charge is 0.271 e. The van der Waals surface area contributed by atoms with Gasteiger partial charge >= 0.3 is 0 Å². The molecule has 1 N–H and O–H groups in total. The maximum atomic E-state index is 4.98. The lowest BCUT2D eigenvalue weighted by Crippen LogP contribution is -2.30. The van der Waals surface area contributed by atoms with Crippen LogP contribution in [0.15, 0.2) is 0 Å². The molecule has 8 heavy (non-hydrogen) atoms. The summed E-state index contributed by atoms with van der Waals surface area (Å²) in [5.41, 5.74) is 2.18. The van der Waals surface area contributed by atoms with Crippen LogP contribution in [-0.4, -0.2) is 11.7 Å². The lowest BCUT2D eigenvalue weighted by Gasteiger charge is -2.16. The Morgan fingerprint density at radius 3 is 2.25 bits per heavy atom. The third-order valence-corrected chi connectivity index (χ3v) is 1.51. The van der Waals surface area contributed by atoms with Gasteiger partial charge < -0.3 is 0 Å². The van der Waals surface area contributed by atoms with Crippen molar-refractivity contribution < 1.29 is 9.68 Å². The lowest BCUT2D eigenvalue weighted by atomic mass is 10.0. The van der Waals surface area contributed by atoms with Crippen LogP contribution in [0.3, 0.4) is 0 Å². The van der Waals surface area contributed by atoms with E-state index in [2.05, 4.69) is 5.64 Å². The molecule has 1 aliphatic rings. The van der Waals surface area contributed by atoms with Crippen LogP contribution in [0.25, 0.3) is 0 Å². The van der Waals surface area contributed by atoms with Gasteiger partial charge in [-0.1, -0.05) is 5.64 Å². The van der Waals surface area contributed by atoms with Crippen molar-refractivity contribution in [3.8, 4) is 0 Å². The molecule has 1 saturated heterocycles. The van der Waals surface area contributed by atoms with Crippen LogP contribution in [0.4, 0.5) is 0 Å². The van der Waals surface area contributed by atoms with Crippen LogP contribution < -0.4 is 5.64 Å². The zero-order chi connectivity index (χ0) is 6.20. The fraction of sp³-hybridized carbons (Fsp3) is 1.00. The molecule has 0 radical (unpaired) electrons. The molecule has 0 aromatic rings. The van der Waals surface area contributed by atoms with Gasteiger partial charge in [-0.25, -0.2) is 0 Å². The van der Waals surface area contributed by atoms with E-state index in [-0.39, 0.29) is 11.7 Å². The summed E-state index contributed by atoms with van der Waals surface area (Å²) in [6.07, 6.45) is 0.127. The van der Waals surface area contributed by atoms with Crippen molar-refractivity contribution in [1.29, 1.82) is 0 Å². The Balaban J connectivity index is 2.54. The third-order valence-electron chi connectivity index (χ3n) is 1.51. The van der Waals surface area contributed by atoms with Gasteiger partial charge in [0.25, 0.3) is 0 Å². The van der Waals surface area contributed by atoms with E-state index < -0.39 is 0 Å². The number of rotatable bonds is 0. The van der Waals surface area contributed by atoms with Crippen LogP contribution in [0.5, 0.6) is 0 Å². The van der Waals surface area contributed by atoms with Gasteiger partial charge in [-0.3, -0.25) is 9.68 Å². The van der Waals surface area contributed by atoms with Crippen molar-refractivity contribution in [3.63, 3.8) is 0 Å². The van der Waals surface area contributed by atoms with Crippen molar-refractivity contribution in [2.75, 3.05) is 0 Å². The van der Waals surface area contributed by atoms with E-state index in [0.717, 1.165) is 0 Å². The highest BCUT2D eigenvalue weighted by atomic mass is 17.0. The van der Waals surface area contributed by atoms with Gasteiger partial charge in [-0.2, -0.15) is 0 Å². The molecule has 0 amide bonds. The average molecular weight is 117 g/mol. The van der Waals surface area contributed by atoms with E-state index in [1.54, 1.807) is 0 Å². The molecular weight excluding hydrogens is 106 g/mol. The first-order valence-corrected chi connectivity index (χ1v) is 2.71. The summed E-state index contributed by atoms with van der Waals surface area (Å²) in [7, 11) is 0. The van der Waals surface area contributed by atoms with E-state index in [9.17, 15) is 0 Å². The van der Waals surface area contributed by atoms with Gasteiger partial charge in [-0.15, -0.1) is 0 Å². The summed E-state index contributed by atoms with van der Waals surface area (Å²) in [6, 6.07) is 0. The van der Waals surface area contributed by atoms with Crippen LogP contribution in [0, 0.1) is 0 Å². The predicted molar refractivity (Wildman–Crippen MR) is 28.8 cm³/mol. The minimum atomic E-state index is -0.181. The number of hydrogen-bond donors (Lipinski definition) is 1. The van der Waals surface area contributed by atoms with Crippen molar-refractivity contribution in [2.45, 2.75) is 32.5 Å². The Bertz CT molecular complexity index is 92.4. The molecule has 1 fully saturated rings. The zero-order valence-corrected chi connectivity index (χ0v) is 5.39. The Kier molecular flexibility index (Phi) is 1.27. The highest BCUT2D eigenvalue weighted by Gasteiger charge is 2.34. The normalized spacial score (nSPS) is 35.6. The van der Waals surface area contributed by atoms with E-state index in [1.807, 2.05) is 20.8 Å². The first-order valence-electron chi connectivity index (χ1n) is 2.71. The molecule has 1 unspecified atom stereocenters. The Hall–Kier alpha value is -0.120. The maximum Gasteiger partial charge on any atom is 0.115 e. The SMILES string of the molecule is CC1ONOC1(C)C. The summed E-state index contributed by atoms with van der Waals surface area (Å²) < 4.78 is 0. The quantitative estimate of drug-likeness (QED) is 0.504. The lowest BCUT2D eigenvalue weighted by molar-refractivity contribution is -0.106. The molecule has 1 aliphatic heterocycles. The molecule has 48 valence electrons. The molecule has 0 bridgehead atoms. The Morgan fingerprint density at radius 2 is 2.12 bits per heavy atom. The Morgan fingerprint density at radius 1 is 1.50 bits per heavy atom. The number of nitrogens with one attached hydrogen (secondary N) is 1. The minimum Gasteiger partial charge on any atom is -0.271 e. The molecule has 0 saturated carbocycles. The minimum absolute atomic E-state index is 0.127. The van der Waals surface area contributed by atoms with E-state index in [0.29, 0.717) is 0 Å². The van der Waals surface area contributed by atoms with Crippen LogP contribution in [-0.2, 0) is 9.68 Å². The third kappa shape index (κ3) is 0.844. The molecule has 0 aromatic heterocycles. The first kappa shape index (κ1) is 6.01. The summed E-state index contributed by atoms with van der Waals surface area (Å²) in [5.74, 6) is 0. The summed E-state index contributed by atoms with van der Waals surface area (Å²) in [6.45, 7) is 5.90. The summed E-state index contributed by atoms with van der Waals surface area (Å²) in [5, 5.41) is 0. The smallest absolute Gasteiger partial charge is 0.115 e. The molecule has 1 rings (SSSR count). The maximum absolute atomic E-state index is 4.98. The molecule has 3 heteroatoms. The second-order valence-electron chi connectivity index (χ2n) is 2.55. The predicted octanol–water partition coefficient (Wildman–Crippen LogP) is 0.620. The molecule has 1 heterocycles. The van der Waals surface area contributed by atoms with E-state index in [4.69, 9.17) is 9.68 Å². The van der Waals surface area contributed by atoms with Gasteiger partial charge in [0.1, 0.15) is 11.7 Å². The fourth-order valence-corrected chi connectivity index (χ4v) is 0.429. The molecule has 3 nitrogen and oxygen atoms in total. The fourth-order valence-electron chi connectivity index (χ4n) is 0.429. The highest BCUT2D eigenvalue weighted by molar-refractivity contribution is 4.77. The van der Waals surface area contributed by atoms with Crippen molar-refractivity contribution in [3.05, 3.63) is 0 Å². The van der Waals surface area contributed by atoms with Gasteiger partial charge in [0.15, 0.2) is 0 Å². The van der Waals surface area contributed by atoms with Crippen LogP contribution in [0.2, 0.25) is 0 Å². The molecular formula is C5H11NO2. The van der Waals surface area contributed by atoms with Gasteiger partial charge in [0.05, 0.1) is 0 Å². The summed E-state index contributed by atoms with van der Waals surface area (Å²) in [4.78, 5) is 9.88. The van der Waals surface area contributed by atoms with Crippen molar-refractivity contribution in [2.24, 2.45) is 0 Å². The van der Waals surface area contributed by atoms with E-state index in [1.165, 1.54) is 0 Å². The monoisotopic (exact) mass is 117 g/mol. The van der Waals surface area contributed by atoms with Crippen LogP contribution >= 0.6 is 0 Å². The average Bonchev–Trinajstić information content (AvgIpc) is 1.86. The number of hydrogen-bond acceptors (Lipinski definition) is 3. The van der Waals surface area contributed by atoms with Gasteiger partial charge in [-0.05, 0) is 20.8 Å². The standard InChI is InChI=1S/C5H11NO2/c1-4-5(2,3)8-6-7-4/h4,6H,1-3H3. The first-order chi connectivity index (χ1) is 3.63. The molecule has 0 aliphatic carbocycles. The van der Waals surface area contributed by atoms with Gasteiger partial charge in [0.2, 0.25) is 0 Å². The van der Waals surface area contributed by atoms with Gasteiger partial charge in [0, 0.05) is 0 Å². The highest BCUT2D eigenvalue weighted by Crippen LogP contribution is 2.20. The molecule has 1 atom stereocenters. The Labute approximate surface area is 48.9 Å². The van der Waals surface area contributed by atoms with E-state index >= 15 is 0 Å². The molecule has 0 spiro atoms. The molecule has 0 aromatic carbocycles.